The number of carbonyl (C=O) groups is 1. The summed E-state index contributed by atoms with van der Waals surface area (Å²) in [5, 5.41) is 8.74. The maximum absolute atomic E-state index is 10.6. The van der Waals surface area contributed by atoms with E-state index in [0.29, 0.717) is 6.04 Å². The molecule has 2 atom stereocenters. The zero-order chi connectivity index (χ0) is 13.8. The lowest BCUT2D eigenvalue weighted by Crippen LogP contribution is -2.46. The highest BCUT2D eigenvalue weighted by molar-refractivity contribution is 5.70. The molecule has 4 nitrogen and oxygen atoms in total. The number of benzene rings is 1. The standard InChI is InChI=1S/C15H21NO3/c1-11-10-19-12(2)8-16(11)9-14-5-3-13(4-6-14)7-15(17)18/h3-6,11-12H,7-10H2,1-2H3,(H,17,18). The number of hydrogen-bond acceptors (Lipinski definition) is 3. The Hall–Kier alpha value is -1.39. The second kappa shape index (κ2) is 6.17. The highest BCUT2D eigenvalue weighted by Crippen LogP contribution is 2.16. The van der Waals surface area contributed by atoms with Crippen molar-refractivity contribution in [3.05, 3.63) is 35.4 Å². The quantitative estimate of drug-likeness (QED) is 0.901. The molecule has 1 N–H and O–H groups in total. The molecule has 2 unspecified atom stereocenters. The summed E-state index contributed by atoms with van der Waals surface area (Å²) in [4.78, 5) is 13.0. The number of morpholine rings is 1. The number of ether oxygens (including phenoxy) is 1. The van der Waals surface area contributed by atoms with Crippen LogP contribution in [0.15, 0.2) is 24.3 Å². The molecule has 0 amide bonds. The van der Waals surface area contributed by atoms with Crippen LogP contribution in [0.25, 0.3) is 0 Å². The highest BCUT2D eigenvalue weighted by atomic mass is 16.5. The Balaban J connectivity index is 1.96. The summed E-state index contributed by atoms with van der Waals surface area (Å²) in [6.07, 6.45) is 0.369. The monoisotopic (exact) mass is 263 g/mol. The van der Waals surface area contributed by atoms with Gasteiger partial charge in [-0.15, -0.1) is 0 Å². The largest absolute Gasteiger partial charge is 0.481 e. The van der Waals surface area contributed by atoms with Gasteiger partial charge >= 0.3 is 5.97 Å². The Bertz CT molecular complexity index is 430. The molecule has 0 saturated carbocycles. The normalized spacial score (nSPS) is 24.3. The Morgan fingerprint density at radius 1 is 1.32 bits per heavy atom. The van der Waals surface area contributed by atoms with Crippen molar-refractivity contribution in [2.75, 3.05) is 13.2 Å². The minimum Gasteiger partial charge on any atom is -0.481 e. The molecule has 1 heterocycles. The molecule has 1 fully saturated rings. The van der Waals surface area contributed by atoms with E-state index < -0.39 is 5.97 Å². The van der Waals surface area contributed by atoms with Gasteiger partial charge in [0.25, 0.3) is 0 Å². The van der Waals surface area contributed by atoms with Crippen molar-refractivity contribution < 1.29 is 14.6 Å². The average Bonchev–Trinajstić information content (AvgIpc) is 2.35. The number of carboxylic acid groups (broad SMARTS) is 1. The van der Waals surface area contributed by atoms with Crippen LogP contribution in [0.3, 0.4) is 0 Å². The third-order valence-corrected chi connectivity index (χ3v) is 3.50. The van der Waals surface area contributed by atoms with Crippen LogP contribution in [0.1, 0.15) is 25.0 Å². The van der Waals surface area contributed by atoms with Gasteiger partial charge in [0.15, 0.2) is 0 Å². The van der Waals surface area contributed by atoms with Crippen molar-refractivity contribution >= 4 is 5.97 Å². The highest BCUT2D eigenvalue weighted by Gasteiger charge is 2.23. The fourth-order valence-electron chi connectivity index (χ4n) is 2.36. The molecule has 1 aromatic carbocycles. The van der Waals surface area contributed by atoms with Crippen LogP contribution < -0.4 is 0 Å². The summed E-state index contributed by atoms with van der Waals surface area (Å²) in [6, 6.07) is 8.27. The fraction of sp³-hybridized carbons (Fsp3) is 0.533. The molecule has 0 radical (unpaired) electrons. The summed E-state index contributed by atoms with van der Waals surface area (Å²) < 4.78 is 5.61. The van der Waals surface area contributed by atoms with E-state index in [-0.39, 0.29) is 12.5 Å². The van der Waals surface area contributed by atoms with Crippen LogP contribution in [-0.2, 0) is 22.5 Å². The molecular formula is C15H21NO3. The topological polar surface area (TPSA) is 49.8 Å². The number of hydrogen-bond donors (Lipinski definition) is 1. The second-order valence-electron chi connectivity index (χ2n) is 5.31. The predicted octanol–water partition coefficient (Wildman–Crippen LogP) is 1.92. The summed E-state index contributed by atoms with van der Waals surface area (Å²) in [5.41, 5.74) is 2.06. The van der Waals surface area contributed by atoms with Crippen LogP contribution >= 0.6 is 0 Å². The first-order valence-corrected chi connectivity index (χ1v) is 6.70. The SMILES string of the molecule is CC1CN(Cc2ccc(CC(=O)O)cc2)C(C)CO1. The zero-order valence-electron chi connectivity index (χ0n) is 11.5. The van der Waals surface area contributed by atoms with Crippen molar-refractivity contribution in [2.24, 2.45) is 0 Å². The lowest BCUT2D eigenvalue weighted by Gasteiger charge is -2.36. The van der Waals surface area contributed by atoms with Crippen molar-refractivity contribution in [1.29, 1.82) is 0 Å². The average molecular weight is 263 g/mol. The second-order valence-corrected chi connectivity index (χ2v) is 5.31. The molecule has 0 aromatic heterocycles. The molecule has 104 valence electrons. The molecule has 1 aliphatic rings. The van der Waals surface area contributed by atoms with E-state index in [1.165, 1.54) is 5.56 Å². The number of rotatable bonds is 4. The molecule has 0 bridgehead atoms. The van der Waals surface area contributed by atoms with Crippen LogP contribution in [0.2, 0.25) is 0 Å². The van der Waals surface area contributed by atoms with E-state index in [2.05, 4.69) is 18.7 Å². The Morgan fingerprint density at radius 3 is 2.58 bits per heavy atom. The predicted molar refractivity (Wildman–Crippen MR) is 73.1 cm³/mol. The molecule has 19 heavy (non-hydrogen) atoms. The van der Waals surface area contributed by atoms with Crippen LogP contribution in [0.4, 0.5) is 0 Å². The van der Waals surface area contributed by atoms with Crippen LogP contribution in [0.5, 0.6) is 0 Å². The van der Waals surface area contributed by atoms with Crippen molar-refractivity contribution in [3.63, 3.8) is 0 Å². The van der Waals surface area contributed by atoms with E-state index in [0.717, 1.165) is 25.3 Å². The van der Waals surface area contributed by atoms with Gasteiger partial charge in [-0.1, -0.05) is 24.3 Å². The Labute approximate surface area is 114 Å². The summed E-state index contributed by atoms with van der Waals surface area (Å²) in [6.45, 7) is 6.87. The summed E-state index contributed by atoms with van der Waals surface area (Å²) in [5.74, 6) is -0.789. The molecule has 0 spiro atoms. The smallest absolute Gasteiger partial charge is 0.307 e. The van der Waals surface area contributed by atoms with E-state index in [1.807, 2.05) is 24.3 Å². The first-order valence-electron chi connectivity index (χ1n) is 6.70. The minimum absolute atomic E-state index is 0.0886. The van der Waals surface area contributed by atoms with E-state index >= 15 is 0 Å². The third-order valence-electron chi connectivity index (χ3n) is 3.50. The van der Waals surface area contributed by atoms with Crippen LogP contribution in [0, 0.1) is 0 Å². The molecular weight excluding hydrogens is 242 g/mol. The van der Waals surface area contributed by atoms with Crippen molar-refractivity contribution in [2.45, 2.75) is 39.0 Å². The molecule has 1 aliphatic heterocycles. The van der Waals surface area contributed by atoms with Gasteiger partial charge in [0.1, 0.15) is 0 Å². The summed E-state index contributed by atoms with van der Waals surface area (Å²) >= 11 is 0. The lowest BCUT2D eigenvalue weighted by molar-refractivity contribution is -0.136. The molecule has 0 aliphatic carbocycles. The number of nitrogens with zero attached hydrogens (tertiary/aromatic N) is 1. The zero-order valence-corrected chi connectivity index (χ0v) is 11.5. The Kier molecular flexibility index (Phi) is 4.56. The minimum atomic E-state index is -0.789. The molecule has 2 rings (SSSR count). The van der Waals surface area contributed by atoms with Gasteiger partial charge in [0.05, 0.1) is 19.1 Å². The van der Waals surface area contributed by atoms with E-state index in [1.54, 1.807) is 0 Å². The lowest BCUT2D eigenvalue weighted by atomic mass is 10.1. The maximum Gasteiger partial charge on any atom is 0.307 e. The first-order chi connectivity index (χ1) is 9.04. The van der Waals surface area contributed by atoms with Crippen LogP contribution in [-0.4, -0.2) is 41.3 Å². The van der Waals surface area contributed by atoms with Crippen molar-refractivity contribution in [3.8, 4) is 0 Å². The third kappa shape index (κ3) is 4.04. The fourth-order valence-corrected chi connectivity index (χ4v) is 2.36. The van der Waals surface area contributed by atoms with E-state index in [9.17, 15) is 4.79 Å². The first kappa shape index (κ1) is 14.0. The van der Waals surface area contributed by atoms with Gasteiger partial charge in [0, 0.05) is 19.1 Å². The summed E-state index contributed by atoms with van der Waals surface area (Å²) in [7, 11) is 0. The van der Waals surface area contributed by atoms with Gasteiger partial charge in [-0.3, -0.25) is 9.69 Å². The number of aliphatic carboxylic acids is 1. The van der Waals surface area contributed by atoms with E-state index in [4.69, 9.17) is 9.84 Å². The van der Waals surface area contributed by atoms with Gasteiger partial charge in [-0.25, -0.2) is 0 Å². The van der Waals surface area contributed by atoms with Gasteiger partial charge in [-0.05, 0) is 25.0 Å². The molecule has 1 saturated heterocycles. The molecule has 4 heteroatoms. The van der Waals surface area contributed by atoms with Gasteiger partial charge < -0.3 is 9.84 Å². The van der Waals surface area contributed by atoms with Gasteiger partial charge in [0.2, 0.25) is 0 Å². The maximum atomic E-state index is 10.6. The van der Waals surface area contributed by atoms with Gasteiger partial charge in [-0.2, -0.15) is 0 Å². The van der Waals surface area contributed by atoms with Crippen molar-refractivity contribution in [1.82, 2.24) is 4.90 Å². The Morgan fingerprint density at radius 2 is 1.95 bits per heavy atom. The molecule has 1 aromatic rings. The number of carboxylic acids is 1.